The Balaban J connectivity index is 1.68. The van der Waals surface area contributed by atoms with Crippen molar-refractivity contribution < 1.29 is 13.2 Å². The van der Waals surface area contributed by atoms with Crippen LogP contribution < -0.4 is 10.5 Å². The summed E-state index contributed by atoms with van der Waals surface area (Å²) in [6.07, 6.45) is 0. The third kappa shape index (κ3) is 6.20. The lowest BCUT2D eigenvalue weighted by Gasteiger charge is -2.10. The fourth-order valence-corrected chi connectivity index (χ4v) is 5.26. The first-order chi connectivity index (χ1) is 17.0. The van der Waals surface area contributed by atoms with Crippen LogP contribution in [0, 0.1) is 13.8 Å². The highest BCUT2D eigenvalue weighted by atomic mass is 35.5. The topological polar surface area (TPSA) is 146 Å². The van der Waals surface area contributed by atoms with Gasteiger partial charge >= 0.3 is 0 Å². The molecular weight excluding hydrogens is 545 g/mol. The highest BCUT2D eigenvalue weighted by molar-refractivity contribution is 7.98. The van der Waals surface area contributed by atoms with Crippen LogP contribution in [0.15, 0.2) is 58.6 Å². The molecule has 2 heterocycles. The van der Waals surface area contributed by atoms with E-state index in [0.717, 1.165) is 11.4 Å². The van der Waals surface area contributed by atoms with E-state index < -0.39 is 15.9 Å². The van der Waals surface area contributed by atoms with Gasteiger partial charge in [-0.1, -0.05) is 40.2 Å². The Morgan fingerprint density at radius 2 is 1.64 bits per heavy atom. The van der Waals surface area contributed by atoms with Gasteiger partial charge in [0.15, 0.2) is 10.9 Å². The summed E-state index contributed by atoms with van der Waals surface area (Å²) in [6.45, 7) is 3.75. The SMILES string of the molecule is Cc1cc(C)nc(SCc2c(C(=O)Nc3ccc(S(N)(=O)=O)cc3)nnn2-c2cc(Cl)cc(Cl)c2)n1. The monoisotopic (exact) mass is 563 g/mol. The van der Waals surface area contributed by atoms with Crippen LogP contribution in [0.5, 0.6) is 0 Å². The van der Waals surface area contributed by atoms with Crippen molar-refractivity contribution >= 4 is 56.6 Å². The highest BCUT2D eigenvalue weighted by Crippen LogP contribution is 2.27. The molecule has 2 aromatic heterocycles. The molecule has 0 fully saturated rings. The quantitative estimate of drug-likeness (QED) is 0.251. The van der Waals surface area contributed by atoms with E-state index >= 15 is 0 Å². The molecule has 0 aliphatic rings. The van der Waals surface area contributed by atoms with Crippen molar-refractivity contribution in [1.82, 2.24) is 25.0 Å². The van der Waals surface area contributed by atoms with Gasteiger partial charge in [-0.3, -0.25) is 4.79 Å². The van der Waals surface area contributed by atoms with Crippen molar-refractivity contribution in [1.29, 1.82) is 0 Å². The van der Waals surface area contributed by atoms with E-state index in [1.165, 1.54) is 40.7 Å². The number of amides is 1. The lowest BCUT2D eigenvalue weighted by Crippen LogP contribution is -2.16. The van der Waals surface area contributed by atoms with E-state index in [2.05, 4.69) is 25.6 Å². The van der Waals surface area contributed by atoms with Crippen molar-refractivity contribution in [2.24, 2.45) is 5.14 Å². The number of hydrogen-bond donors (Lipinski definition) is 2. The standard InChI is InChI=1S/C22H19Cl2N7O3S2/c1-12-7-13(2)27-22(26-12)35-11-19-20(29-30-31(19)17-9-14(23)8-15(24)10-17)21(32)28-16-3-5-18(6-4-16)36(25,33)34/h3-10H,11H2,1-2H3,(H,28,32)(H2,25,33,34). The van der Waals surface area contributed by atoms with Crippen LogP contribution in [0.3, 0.4) is 0 Å². The Morgan fingerprint density at radius 3 is 2.22 bits per heavy atom. The Morgan fingerprint density at radius 1 is 1.03 bits per heavy atom. The van der Waals surface area contributed by atoms with Crippen molar-refractivity contribution in [3.63, 3.8) is 0 Å². The number of sulfonamides is 1. The summed E-state index contributed by atoms with van der Waals surface area (Å²) >= 11 is 13.7. The average Bonchev–Trinajstić information content (AvgIpc) is 3.20. The summed E-state index contributed by atoms with van der Waals surface area (Å²) in [5.74, 6) is -0.290. The first kappa shape index (κ1) is 26.0. The zero-order valence-electron chi connectivity index (χ0n) is 18.9. The number of carbonyl (C=O) groups is 1. The number of nitrogens with two attached hydrogens (primary N) is 1. The molecule has 0 aliphatic carbocycles. The first-order valence-corrected chi connectivity index (χ1v) is 13.6. The van der Waals surface area contributed by atoms with Gasteiger partial charge in [-0.05, 0) is 62.4 Å². The van der Waals surface area contributed by atoms with E-state index in [0.29, 0.717) is 32.3 Å². The number of anilines is 1. The first-order valence-electron chi connectivity index (χ1n) is 10.3. The second-order valence-electron chi connectivity index (χ2n) is 7.67. The summed E-state index contributed by atoms with van der Waals surface area (Å²) in [7, 11) is -3.86. The van der Waals surface area contributed by atoms with Crippen LogP contribution >= 0.6 is 35.0 Å². The van der Waals surface area contributed by atoms with Crippen LogP contribution in [-0.2, 0) is 15.8 Å². The Kier molecular flexibility index (Phi) is 7.62. The van der Waals surface area contributed by atoms with Crippen LogP contribution in [-0.4, -0.2) is 39.3 Å². The fraction of sp³-hybridized carbons (Fsp3) is 0.136. The van der Waals surface area contributed by atoms with Crippen LogP contribution in [0.25, 0.3) is 5.69 Å². The predicted molar refractivity (Wildman–Crippen MR) is 138 cm³/mol. The van der Waals surface area contributed by atoms with Gasteiger partial charge in [0.2, 0.25) is 10.0 Å². The van der Waals surface area contributed by atoms with Gasteiger partial charge in [0.05, 0.1) is 16.3 Å². The largest absolute Gasteiger partial charge is 0.321 e. The number of halogens is 2. The molecule has 0 unspecified atom stereocenters. The Hall–Kier alpha value is -3.03. The van der Waals surface area contributed by atoms with Crippen molar-refractivity contribution in [2.45, 2.75) is 29.7 Å². The molecule has 1 amide bonds. The van der Waals surface area contributed by atoms with Gasteiger partial charge in [-0.2, -0.15) is 0 Å². The van der Waals surface area contributed by atoms with E-state index in [9.17, 15) is 13.2 Å². The molecule has 4 rings (SSSR count). The summed E-state index contributed by atoms with van der Waals surface area (Å²) in [4.78, 5) is 21.9. The molecule has 36 heavy (non-hydrogen) atoms. The number of hydrogen-bond acceptors (Lipinski definition) is 8. The molecule has 0 spiro atoms. The Bertz CT molecular complexity index is 1520. The van der Waals surface area contributed by atoms with Gasteiger partial charge in [-0.15, -0.1) is 5.10 Å². The maximum atomic E-state index is 13.2. The predicted octanol–water partition coefficient (Wildman–Crippen LogP) is 4.17. The minimum Gasteiger partial charge on any atom is -0.321 e. The van der Waals surface area contributed by atoms with Crippen LogP contribution in [0.1, 0.15) is 27.6 Å². The molecule has 0 radical (unpaired) electrons. The highest BCUT2D eigenvalue weighted by Gasteiger charge is 2.22. The zero-order chi connectivity index (χ0) is 26.0. The molecule has 4 aromatic rings. The third-order valence-electron chi connectivity index (χ3n) is 4.81. The van der Waals surface area contributed by atoms with Crippen LogP contribution in [0.2, 0.25) is 10.0 Å². The number of primary sulfonamides is 1. The summed E-state index contributed by atoms with van der Waals surface area (Å²) in [5.41, 5.74) is 3.02. The number of carbonyl (C=O) groups excluding carboxylic acids is 1. The molecule has 0 saturated heterocycles. The number of nitrogens with one attached hydrogen (secondary N) is 1. The molecule has 0 saturated carbocycles. The second-order valence-corrected chi connectivity index (χ2v) is 11.0. The average molecular weight is 564 g/mol. The normalized spacial score (nSPS) is 11.5. The molecule has 0 bridgehead atoms. The lowest BCUT2D eigenvalue weighted by molar-refractivity contribution is 0.102. The second kappa shape index (κ2) is 10.5. The van der Waals surface area contributed by atoms with Gasteiger partial charge in [0.1, 0.15) is 0 Å². The molecule has 0 aliphatic heterocycles. The van der Waals surface area contributed by atoms with E-state index in [4.69, 9.17) is 28.3 Å². The third-order valence-corrected chi connectivity index (χ3v) is 7.03. The molecule has 0 atom stereocenters. The maximum absolute atomic E-state index is 13.2. The summed E-state index contributed by atoms with van der Waals surface area (Å²) < 4.78 is 24.5. The van der Waals surface area contributed by atoms with Crippen LogP contribution in [0.4, 0.5) is 5.69 Å². The molecular formula is C22H19Cl2N7O3S2. The molecule has 10 nitrogen and oxygen atoms in total. The fourth-order valence-electron chi connectivity index (χ4n) is 3.29. The van der Waals surface area contributed by atoms with Gasteiger partial charge < -0.3 is 5.32 Å². The zero-order valence-corrected chi connectivity index (χ0v) is 22.1. The van der Waals surface area contributed by atoms with Crippen molar-refractivity contribution in [2.75, 3.05) is 5.32 Å². The molecule has 3 N–H and O–H groups in total. The molecule has 14 heteroatoms. The minimum atomic E-state index is -3.86. The van der Waals surface area contributed by atoms with Gasteiger partial charge in [0.25, 0.3) is 5.91 Å². The summed E-state index contributed by atoms with van der Waals surface area (Å²) in [6, 6.07) is 12.2. The van der Waals surface area contributed by atoms with E-state index in [1.807, 2.05) is 19.9 Å². The molecule has 186 valence electrons. The van der Waals surface area contributed by atoms with E-state index in [-0.39, 0.29) is 16.3 Å². The van der Waals surface area contributed by atoms with Crippen molar-refractivity contribution in [3.8, 4) is 5.69 Å². The number of nitrogens with zero attached hydrogens (tertiary/aromatic N) is 5. The lowest BCUT2D eigenvalue weighted by atomic mass is 10.2. The number of aromatic nitrogens is 5. The number of rotatable bonds is 7. The van der Waals surface area contributed by atoms with E-state index in [1.54, 1.807) is 18.2 Å². The minimum absolute atomic E-state index is 0.0542. The number of aryl methyl sites for hydroxylation is 2. The summed E-state index contributed by atoms with van der Waals surface area (Å²) in [5, 5.41) is 17.4. The number of thioether (sulfide) groups is 1. The number of benzene rings is 2. The molecule has 2 aromatic carbocycles. The smallest absolute Gasteiger partial charge is 0.278 e. The maximum Gasteiger partial charge on any atom is 0.278 e. The Labute approximate surface area is 221 Å². The van der Waals surface area contributed by atoms with Crippen molar-refractivity contribution in [3.05, 3.63) is 81.4 Å². The van der Waals surface area contributed by atoms with Gasteiger partial charge in [-0.25, -0.2) is 28.2 Å². The van der Waals surface area contributed by atoms with Gasteiger partial charge in [0, 0.05) is 32.9 Å².